The minimum atomic E-state index is -0.909. The molecular weight excluding hydrogens is 604 g/mol. The van der Waals surface area contributed by atoms with E-state index in [0.717, 1.165) is 80.3 Å². The summed E-state index contributed by atoms with van der Waals surface area (Å²) in [5.74, 6) is 0.644. The Morgan fingerprint density at radius 3 is 2.38 bits per heavy atom. The second-order valence-electron chi connectivity index (χ2n) is 13.0. The number of carbonyl (C=O) groups is 1. The molecule has 0 bridgehead atoms. The molecule has 0 amide bonds. The van der Waals surface area contributed by atoms with Crippen LogP contribution >= 0.6 is 22.9 Å². The maximum absolute atomic E-state index is 13.5. The van der Waals surface area contributed by atoms with E-state index in [1.54, 1.807) is 11.3 Å². The number of nitrogens with zero attached hydrogens (tertiary/aromatic N) is 4. The zero-order valence-corrected chi connectivity index (χ0v) is 28.7. The van der Waals surface area contributed by atoms with Crippen molar-refractivity contribution in [3.05, 3.63) is 70.5 Å². The monoisotopic (exact) mass is 644 g/mol. The molecule has 5 aromatic rings. The Kier molecular flexibility index (Phi) is 8.78. The number of aryl methyl sites for hydroxylation is 2. The number of carbonyl (C=O) groups excluding carboxylic acids is 1. The first-order valence-electron chi connectivity index (χ1n) is 15.7. The average molecular weight is 645 g/mol. The van der Waals surface area contributed by atoms with Gasteiger partial charge in [-0.3, -0.25) is 0 Å². The first kappa shape index (κ1) is 31.7. The van der Waals surface area contributed by atoms with Gasteiger partial charge in [0.05, 0.1) is 33.5 Å². The first-order chi connectivity index (χ1) is 21.4. The smallest absolute Gasteiger partial charge is 0.339 e. The zero-order valence-electron chi connectivity index (χ0n) is 27.1. The van der Waals surface area contributed by atoms with Crippen molar-refractivity contribution in [1.82, 2.24) is 19.4 Å². The number of aromatic nitrogens is 3. The summed E-state index contributed by atoms with van der Waals surface area (Å²) in [4.78, 5) is 26.0. The third-order valence-corrected chi connectivity index (χ3v) is 9.85. The summed E-state index contributed by atoms with van der Waals surface area (Å²) < 4.78 is 15.4. The lowest BCUT2D eigenvalue weighted by Crippen LogP contribution is -2.31. The molecule has 0 aliphatic carbocycles. The van der Waals surface area contributed by atoms with Gasteiger partial charge in [0, 0.05) is 27.8 Å². The van der Waals surface area contributed by atoms with Gasteiger partial charge in [-0.15, -0.1) is 11.3 Å². The van der Waals surface area contributed by atoms with Crippen LogP contribution in [0.3, 0.4) is 0 Å². The molecule has 0 unspecified atom stereocenters. The van der Waals surface area contributed by atoms with Crippen molar-refractivity contribution in [3.8, 4) is 21.7 Å². The molecule has 1 saturated heterocycles. The third-order valence-electron chi connectivity index (χ3n) is 8.46. The number of thiazole rings is 1. The van der Waals surface area contributed by atoms with E-state index in [4.69, 9.17) is 31.0 Å². The lowest BCUT2D eigenvalue weighted by molar-refractivity contribution is -0.166. The second-order valence-corrected chi connectivity index (χ2v) is 14.4. The fraction of sp³-hybridized carbons (Fsp3) is 0.417. The molecule has 7 nitrogen and oxygen atoms in total. The zero-order chi connectivity index (χ0) is 32.0. The summed E-state index contributed by atoms with van der Waals surface area (Å²) in [6.45, 7) is 14.2. The fourth-order valence-corrected chi connectivity index (χ4v) is 7.69. The Bertz CT molecular complexity index is 1860. The molecule has 3 heterocycles. The van der Waals surface area contributed by atoms with E-state index in [2.05, 4.69) is 47.7 Å². The van der Waals surface area contributed by atoms with Crippen LogP contribution < -0.4 is 0 Å². The molecule has 3 aromatic carbocycles. The van der Waals surface area contributed by atoms with Crippen molar-refractivity contribution in [3.63, 3.8) is 0 Å². The summed E-state index contributed by atoms with van der Waals surface area (Å²) in [6, 6.07) is 16.8. The number of imidazole rings is 1. The van der Waals surface area contributed by atoms with Crippen molar-refractivity contribution in [2.24, 2.45) is 0 Å². The van der Waals surface area contributed by atoms with Crippen LogP contribution in [0.5, 0.6) is 0 Å². The Balaban J connectivity index is 1.50. The van der Waals surface area contributed by atoms with Crippen LogP contribution in [0.4, 0.5) is 0 Å². The highest BCUT2D eigenvalue weighted by molar-refractivity contribution is 7.22. The van der Waals surface area contributed by atoms with Crippen LogP contribution in [0.15, 0.2) is 48.5 Å². The van der Waals surface area contributed by atoms with E-state index < -0.39 is 17.7 Å². The number of halogens is 1. The summed E-state index contributed by atoms with van der Waals surface area (Å²) in [6.07, 6.45) is 1.35. The lowest BCUT2D eigenvalue weighted by Gasteiger charge is -2.30. The highest BCUT2D eigenvalue weighted by Gasteiger charge is 2.33. The van der Waals surface area contributed by atoms with Gasteiger partial charge in [-0.25, -0.2) is 14.8 Å². The maximum Gasteiger partial charge on any atom is 0.339 e. The molecule has 236 valence electrons. The quantitative estimate of drug-likeness (QED) is 0.165. The predicted octanol–water partition coefficient (Wildman–Crippen LogP) is 8.94. The van der Waals surface area contributed by atoms with Crippen LogP contribution in [0, 0.1) is 13.8 Å². The minimum absolute atomic E-state index is 0.265. The molecule has 0 radical (unpaired) electrons. The third kappa shape index (κ3) is 6.39. The molecule has 0 saturated carbocycles. The molecular formula is C36H41ClN4O3S. The van der Waals surface area contributed by atoms with Gasteiger partial charge in [0.15, 0.2) is 6.10 Å². The van der Waals surface area contributed by atoms with Gasteiger partial charge in [0.2, 0.25) is 0 Å². The molecule has 9 heteroatoms. The lowest BCUT2D eigenvalue weighted by atomic mass is 9.91. The highest BCUT2D eigenvalue weighted by atomic mass is 35.5. The molecule has 1 fully saturated rings. The molecule has 1 aliphatic rings. The van der Waals surface area contributed by atoms with Gasteiger partial charge < -0.3 is 18.9 Å². The van der Waals surface area contributed by atoms with Gasteiger partial charge in [-0.05, 0) is 122 Å². The van der Waals surface area contributed by atoms with Crippen LogP contribution in [0.25, 0.3) is 42.9 Å². The van der Waals surface area contributed by atoms with E-state index in [0.29, 0.717) is 11.1 Å². The van der Waals surface area contributed by atoms with Crippen molar-refractivity contribution in [1.29, 1.82) is 0 Å². The van der Waals surface area contributed by atoms with Crippen molar-refractivity contribution < 1.29 is 14.3 Å². The number of fused-ring (bicyclic) bond motifs is 2. The van der Waals surface area contributed by atoms with Crippen LogP contribution in [0.2, 0.25) is 5.02 Å². The molecule has 0 spiro atoms. The first-order valence-corrected chi connectivity index (χ1v) is 16.8. The topological polar surface area (TPSA) is 69.5 Å². The number of hydrogen-bond donors (Lipinski definition) is 0. The molecule has 0 N–H and O–H groups in total. The number of rotatable bonds is 7. The normalized spacial score (nSPS) is 15.6. The average Bonchev–Trinajstić information content (AvgIpc) is 3.55. The summed E-state index contributed by atoms with van der Waals surface area (Å²) in [7, 11) is 2.19. The number of likely N-dealkylation sites (tertiary alicyclic amines) is 1. The number of hydrogen-bond acceptors (Lipinski definition) is 7. The number of ether oxygens (including phenoxy) is 2. The Hall–Kier alpha value is -3.30. The Labute approximate surface area is 274 Å². The summed E-state index contributed by atoms with van der Waals surface area (Å²) >= 11 is 7.93. The Morgan fingerprint density at radius 2 is 1.71 bits per heavy atom. The van der Waals surface area contributed by atoms with E-state index in [1.807, 2.05) is 58.9 Å². The van der Waals surface area contributed by atoms with Crippen LogP contribution in [0.1, 0.15) is 69.6 Å². The van der Waals surface area contributed by atoms with Gasteiger partial charge in [0.25, 0.3) is 0 Å². The van der Waals surface area contributed by atoms with E-state index in [1.165, 1.54) is 5.52 Å². The molecule has 1 atom stereocenters. The van der Waals surface area contributed by atoms with E-state index in [9.17, 15) is 4.79 Å². The van der Waals surface area contributed by atoms with Gasteiger partial charge >= 0.3 is 5.97 Å². The molecule has 6 rings (SSSR count). The van der Waals surface area contributed by atoms with Crippen LogP contribution in [-0.4, -0.2) is 57.7 Å². The van der Waals surface area contributed by atoms with Crippen molar-refractivity contribution in [2.45, 2.75) is 72.1 Å². The Morgan fingerprint density at radius 1 is 1.02 bits per heavy atom. The minimum Gasteiger partial charge on any atom is -0.464 e. The van der Waals surface area contributed by atoms with Crippen LogP contribution in [-0.2, 0) is 14.3 Å². The fourth-order valence-electron chi connectivity index (χ4n) is 6.44. The largest absolute Gasteiger partial charge is 0.464 e. The molecule has 2 aromatic heterocycles. The molecule has 1 aliphatic heterocycles. The number of benzene rings is 3. The second kappa shape index (κ2) is 12.5. The molecule has 45 heavy (non-hydrogen) atoms. The van der Waals surface area contributed by atoms with Gasteiger partial charge in [-0.2, -0.15) is 0 Å². The summed E-state index contributed by atoms with van der Waals surface area (Å²) in [5.41, 5.74) is 7.01. The highest BCUT2D eigenvalue weighted by Crippen LogP contribution is 2.45. The standard InChI is InChI=1S/C36H41ClN4O3S/c1-8-43-35(42)32(44-36(4,5)6)30-21(2)19-28-33(31(30)23-9-12-25(37)13-10-23)45-34(39-28)24-11-14-29-27(20-24)38-22(3)41(29)26-15-17-40(7)18-16-26/h9-14,19-20,26,32H,8,15-18H2,1-7H3/t32-/m0/s1. The number of esters is 1. The maximum atomic E-state index is 13.5. The van der Waals surface area contributed by atoms with E-state index >= 15 is 0 Å². The SMILES string of the molecule is CCOC(=O)[C@@H](OC(C)(C)C)c1c(C)cc2nc(-c3ccc4c(c3)nc(C)n4C3CCN(C)CC3)sc2c1-c1ccc(Cl)cc1. The van der Waals surface area contributed by atoms with Crippen molar-refractivity contribution >= 4 is 50.2 Å². The number of piperidine rings is 1. The van der Waals surface area contributed by atoms with E-state index in [-0.39, 0.29) is 6.61 Å². The van der Waals surface area contributed by atoms with Gasteiger partial charge in [0.1, 0.15) is 10.8 Å². The van der Waals surface area contributed by atoms with Crippen molar-refractivity contribution in [2.75, 3.05) is 26.7 Å². The predicted molar refractivity (Wildman–Crippen MR) is 184 cm³/mol. The van der Waals surface area contributed by atoms with Gasteiger partial charge in [-0.1, -0.05) is 23.7 Å². The summed E-state index contributed by atoms with van der Waals surface area (Å²) in [5, 5.41) is 1.54.